The van der Waals surface area contributed by atoms with E-state index in [4.69, 9.17) is 16.3 Å². The lowest BCUT2D eigenvalue weighted by atomic mass is 9.96. The first-order valence-electron chi connectivity index (χ1n) is 11.5. The maximum absolute atomic E-state index is 12.9. The van der Waals surface area contributed by atoms with Crippen LogP contribution in [0.2, 0.25) is 5.02 Å². The molecule has 0 fully saturated rings. The number of nitrogens with one attached hydrogen (secondary N) is 2. The quantitative estimate of drug-likeness (QED) is 0.204. The first-order chi connectivity index (χ1) is 18.3. The topological polar surface area (TPSA) is 123 Å². The van der Waals surface area contributed by atoms with Crippen molar-refractivity contribution in [3.8, 4) is 5.75 Å². The van der Waals surface area contributed by atoms with Crippen LogP contribution in [0.5, 0.6) is 5.75 Å². The summed E-state index contributed by atoms with van der Waals surface area (Å²) < 4.78 is 34.3. The Morgan fingerprint density at radius 3 is 2.39 bits per heavy atom. The molecule has 4 aromatic carbocycles. The number of nitro benzene ring substituents is 1. The molecule has 9 nitrogen and oxygen atoms in total. The normalized spacial score (nSPS) is 15.8. The van der Waals surface area contributed by atoms with Crippen molar-refractivity contribution in [1.82, 2.24) is 0 Å². The zero-order valence-electron chi connectivity index (χ0n) is 19.7. The summed E-state index contributed by atoms with van der Waals surface area (Å²) in [5, 5.41) is 16.8. The molecule has 0 spiro atoms. The standard InChI is InChI=1S/C27H21ClN4O5S/c28-19-10-12-20(13-11-19)31-38(35,36)21-14-15-23(25(16-21)32(33)34)29-30-24-17-27(18-6-2-1-3-7-18)37-26-9-5-4-8-22(24)26/h1-16,27,29,31H,17H2. The van der Waals surface area contributed by atoms with Crippen LogP contribution < -0.4 is 14.9 Å². The van der Waals surface area contributed by atoms with E-state index >= 15 is 0 Å². The van der Waals surface area contributed by atoms with E-state index in [2.05, 4.69) is 15.2 Å². The molecule has 38 heavy (non-hydrogen) atoms. The molecule has 0 aromatic heterocycles. The summed E-state index contributed by atoms with van der Waals surface area (Å²) in [6, 6.07) is 26.8. The van der Waals surface area contributed by atoms with E-state index < -0.39 is 20.6 Å². The molecule has 1 aliphatic rings. The van der Waals surface area contributed by atoms with Gasteiger partial charge in [-0.05, 0) is 54.1 Å². The molecule has 11 heteroatoms. The number of rotatable bonds is 7. The molecule has 4 aromatic rings. The van der Waals surface area contributed by atoms with Crippen LogP contribution in [0.3, 0.4) is 0 Å². The van der Waals surface area contributed by atoms with E-state index in [-0.39, 0.29) is 22.4 Å². The number of nitro groups is 1. The van der Waals surface area contributed by atoms with Crippen LogP contribution in [0.1, 0.15) is 23.7 Å². The van der Waals surface area contributed by atoms with E-state index in [1.807, 2.05) is 54.6 Å². The maximum Gasteiger partial charge on any atom is 0.295 e. The third-order valence-corrected chi connectivity index (χ3v) is 7.53. The fourth-order valence-electron chi connectivity index (χ4n) is 4.03. The predicted octanol–water partition coefficient (Wildman–Crippen LogP) is 6.39. The smallest absolute Gasteiger partial charge is 0.295 e. The van der Waals surface area contributed by atoms with Gasteiger partial charge in [-0.25, -0.2) is 8.42 Å². The van der Waals surface area contributed by atoms with Crippen LogP contribution in [0, 0.1) is 10.1 Å². The molecule has 1 atom stereocenters. The summed E-state index contributed by atoms with van der Waals surface area (Å²) in [5.74, 6) is 0.650. The third-order valence-electron chi connectivity index (χ3n) is 5.90. The molecular formula is C27H21ClN4O5S. The second kappa shape index (κ2) is 10.5. The molecule has 0 saturated carbocycles. The zero-order chi connectivity index (χ0) is 26.7. The Balaban J connectivity index is 1.44. The number of sulfonamides is 1. The molecule has 1 unspecified atom stereocenters. The van der Waals surface area contributed by atoms with Gasteiger partial charge in [-0.2, -0.15) is 5.10 Å². The predicted molar refractivity (Wildman–Crippen MR) is 146 cm³/mol. The van der Waals surface area contributed by atoms with Crippen LogP contribution in [0.4, 0.5) is 17.1 Å². The van der Waals surface area contributed by atoms with Gasteiger partial charge in [0.15, 0.2) is 0 Å². The SMILES string of the molecule is O=[N+]([O-])c1cc(S(=O)(=O)Nc2ccc(Cl)cc2)ccc1NN=C1CC(c2ccccc2)Oc2ccccc21. The lowest BCUT2D eigenvalue weighted by Gasteiger charge is -2.27. The molecule has 0 radical (unpaired) electrons. The molecular weight excluding hydrogens is 528 g/mol. The van der Waals surface area contributed by atoms with Crippen molar-refractivity contribution in [2.45, 2.75) is 17.4 Å². The van der Waals surface area contributed by atoms with Crippen LogP contribution in [-0.4, -0.2) is 19.1 Å². The van der Waals surface area contributed by atoms with Crippen molar-refractivity contribution < 1.29 is 18.1 Å². The van der Waals surface area contributed by atoms with Gasteiger partial charge in [0.1, 0.15) is 17.5 Å². The maximum atomic E-state index is 12.9. The number of hydrazone groups is 1. The van der Waals surface area contributed by atoms with E-state index in [1.54, 1.807) is 0 Å². The van der Waals surface area contributed by atoms with E-state index in [1.165, 1.54) is 36.4 Å². The van der Waals surface area contributed by atoms with Crippen molar-refractivity contribution in [1.29, 1.82) is 0 Å². The van der Waals surface area contributed by atoms with Crippen LogP contribution in [-0.2, 0) is 10.0 Å². The van der Waals surface area contributed by atoms with Gasteiger partial charge in [-0.1, -0.05) is 54.1 Å². The number of halogens is 1. The Labute approximate surface area is 223 Å². The minimum atomic E-state index is -4.09. The van der Waals surface area contributed by atoms with Gasteiger partial charge in [0.05, 0.1) is 15.5 Å². The van der Waals surface area contributed by atoms with Crippen molar-refractivity contribution in [3.63, 3.8) is 0 Å². The number of ether oxygens (including phenoxy) is 1. The van der Waals surface area contributed by atoms with Crippen molar-refractivity contribution in [3.05, 3.63) is 123 Å². The lowest BCUT2D eigenvalue weighted by molar-refractivity contribution is -0.384. The largest absolute Gasteiger partial charge is 0.485 e. The molecule has 0 aliphatic carbocycles. The van der Waals surface area contributed by atoms with E-state index in [0.29, 0.717) is 22.9 Å². The molecule has 0 amide bonds. The average molecular weight is 549 g/mol. The van der Waals surface area contributed by atoms with Gasteiger partial charge in [0.25, 0.3) is 15.7 Å². The Morgan fingerprint density at radius 1 is 0.947 bits per heavy atom. The zero-order valence-corrected chi connectivity index (χ0v) is 21.3. The van der Waals surface area contributed by atoms with Gasteiger partial charge in [-0.15, -0.1) is 0 Å². The monoisotopic (exact) mass is 548 g/mol. The summed E-state index contributed by atoms with van der Waals surface area (Å²) in [6.45, 7) is 0. The summed E-state index contributed by atoms with van der Waals surface area (Å²) in [4.78, 5) is 10.9. The first-order valence-corrected chi connectivity index (χ1v) is 13.4. The summed E-state index contributed by atoms with van der Waals surface area (Å²) in [7, 11) is -4.09. The van der Waals surface area contributed by atoms with E-state index in [9.17, 15) is 18.5 Å². The summed E-state index contributed by atoms with van der Waals surface area (Å²) in [6.07, 6.45) is 0.146. The molecule has 5 rings (SSSR count). The Bertz CT molecular complexity index is 1630. The fourth-order valence-corrected chi connectivity index (χ4v) is 5.24. The number of anilines is 2. The van der Waals surface area contributed by atoms with Gasteiger partial charge in [-0.3, -0.25) is 20.3 Å². The third kappa shape index (κ3) is 5.46. The average Bonchev–Trinajstić information content (AvgIpc) is 2.93. The molecule has 0 saturated heterocycles. The Kier molecular flexibility index (Phi) is 6.99. The molecule has 1 heterocycles. The Morgan fingerprint density at radius 2 is 1.66 bits per heavy atom. The second-order valence-corrected chi connectivity index (χ2v) is 10.6. The highest BCUT2D eigenvalue weighted by molar-refractivity contribution is 7.92. The second-order valence-electron chi connectivity index (χ2n) is 8.44. The number of hydrogen-bond acceptors (Lipinski definition) is 7. The molecule has 0 bridgehead atoms. The lowest BCUT2D eigenvalue weighted by Crippen LogP contribution is -2.22. The van der Waals surface area contributed by atoms with Crippen LogP contribution in [0.15, 0.2) is 107 Å². The number of para-hydroxylation sites is 1. The van der Waals surface area contributed by atoms with Crippen molar-refractivity contribution >= 4 is 44.4 Å². The van der Waals surface area contributed by atoms with Gasteiger partial charge in [0, 0.05) is 28.8 Å². The molecule has 1 aliphatic heterocycles. The molecule has 2 N–H and O–H groups in total. The summed E-state index contributed by atoms with van der Waals surface area (Å²) >= 11 is 5.85. The highest BCUT2D eigenvalue weighted by Crippen LogP contribution is 2.36. The minimum absolute atomic E-state index is 0.0492. The highest BCUT2D eigenvalue weighted by Gasteiger charge is 2.27. The Hall–Kier alpha value is -4.41. The highest BCUT2D eigenvalue weighted by atomic mass is 35.5. The van der Waals surface area contributed by atoms with Crippen molar-refractivity contribution in [2.24, 2.45) is 5.10 Å². The summed E-state index contributed by atoms with van der Waals surface area (Å²) in [5.41, 5.74) is 5.05. The van der Waals surface area contributed by atoms with Gasteiger partial charge >= 0.3 is 0 Å². The van der Waals surface area contributed by atoms with Gasteiger partial charge < -0.3 is 4.74 Å². The molecule has 192 valence electrons. The van der Waals surface area contributed by atoms with Crippen LogP contribution >= 0.6 is 11.6 Å². The van der Waals surface area contributed by atoms with Crippen molar-refractivity contribution in [2.75, 3.05) is 10.1 Å². The number of benzene rings is 4. The number of nitrogens with zero attached hydrogens (tertiary/aromatic N) is 2. The fraction of sp³-hybridized carbons (Fsp3) is 0.0741. The van der Waals surface area contributed by atoms with E-state index in [0.717, 1.165) is 17.2 Å². The number of hydrogen-bond donors (Lipinski definition) is 2. The van der Waals surface area contributed by atoms with Gasteiger partial charge in [0.2, 0.25) is 0 Å². The van der Waals surface area contributed by atoms with Crippen LogP contribution in [0.25, 0.3) is 0 Å². The first kappa shape index (κ1) is 25.2. The number of fused-ring (bicyclic) bond motifs is 1. The minimum Gasteiger partial charge on any atom is -0.485 e.